The number of nitrogens with one attached hydrogen (secondary N) is 1. The lowest BCUT2D eigenvalue weighted by Crippen LogP contribution is -2.65. The molecule has 0 spiro atoms. The predicted molar refractivity (Wildman–Crippen MR) is 45.8 cm³/mol. The molecule has 2 atom stereocenters. The Morgan fingerprint density at radius 3 is 3.08 bits per heavy atom. The fourth-order valence-electron chi connectivity index (χ4n) is 1.80. The number of fused-ring (bicyclic) bond motifs is 1. The minimum absolute atomic E-state index is 0.00759. The van der Waals surface area contributed by atoms with Gasteiger partial charge in [0.25, 0.3) is 0 Å². The third-order valence-electron chi connectivity index (χ3n) is 2.43. The number of hydrogen-bond acceptors (Lipinski definition) is 2. The Labute approximate surface area is 78.4 Å². The van der Waals surface area contributed by atoms with Crippen LogP contribution in [-0.2, 0) is 9.59 Å². The van der Waals surface area contributed by atoms with Crippen molar-refractivity contribution in [3.63, 3.8) is 0 Å². The monoisotopic (exact) mass is 232 g/mol. The predicted octanol–water partition coefficient (Wildman–Crippen LogP) is -0.519. The minimum Gasteiger partial charge on any atom is -0.349 e. The highest BCUT2D eigenvalue weighted by molar-refractivity contribution is 9.09. The molecule has 2 fully saturated rings. The summed E-state index contributed by atoms with van der Waals surface area (Å²) in [7, 11) is 0. The van der Waals surface area contributed by atoms with E-state index in [0.29, 0.717) is 11.9 Å². The summed E-state index contributed by atoms with van der Waals surface area (Å²) >= 11 is 3.09. The van der Waals surface area contributed by atoms with Crippen LogP contribution in [-0.4, -0.2) is 40.7 Å². The Hall–Kier alpha value is -0.580. The van der Waals surface area contributed by atoms with Crippen LogP contribution in [0.3, 0.4) is 0 Å². The van der Waals surface area contributed by atoms with Crippen LogP contribution in [0.1, 0.15) is 6.42 Å². The number of carbonyl (C=O) groups is 2. The molecule has 2 rings (SSSR count). The van der Waals surface area contributed by atoms with Crippen molar-refractivity contribution in [3.05, 3.63) is 0 Å². The van der Waals surface area contributed by atoms with Crippen molar-refractivity contribution in [1.29, 1.82) is 0 Å². The maximum Gasteiger partial charge on any atom is 0.245 e. The second-order valence-corrected chi connectivity index (χ2v) is 3.63. The number of likely N-dealkylation sites (tertiary alicyclic amines) is 1. The first kappa shape index (κ1) is 8.04. The lowest BCUT2D eigenvalue weighted by atomic mass is 10.0. The average molecular weight is 233 g/mol. The third kappa shape index (κ3) is 0.957. The number of β-lactam (4-membered cyclic amide) rings is 1. The van der Waals surface area contributed by atoms with Crippen molar-refractivity contribution in [3.8, 4) is 0 Å². The zero-order valence-corrected chi connectivity index (χ0v) is 8.00. The molecule has 2 unspecified atom stereocenters. The summed E-state index contributed by atoms with van der Waals surface area (Å²) in [6.07, 6.45) is 0.898. The topological polar surface area (TPSA) is 49.4 Å². The first-order chi connectivity index (χ1) is 5.74. The molecule has 0 saturated carbocycles. The number of hydrogen-bond donors (Lipinski definition) is 1. The molecule has 5 heteroatoms. The Balaban J connectivity index is 2.08. The smallest absolute Gasteiger partial charge is 0.245 e. The van der Waals surface area contributed by atoms with E-state index in [4.69, 9.17) is 0 Å². The van der Waals surface area contributed by atoms with Crippen molar-refractivity contribution in [2.75, 3.05) is 11.9 Å². The van der Waals surface area contributed by atoms with E-state index in [9.17, 15) is 9.59 Å². The van der Waals surface area contributed by atoms with Crippen molar-refractivity contribution in [2.24, 2.45) is 0 Å². The van der Waals surface area contributed by atoms with Gasteiger partial charge in [0.05, 0.1) is 11.4 Å². The van der Waals surface area contributed by atoms with Crippen molar-refractivity contribution < 1.29 is 9.59 Å². The van der Waals surface area contributed by atoms with Gasteiger partial charge in [0, 0.05) is 6.54 Å². The number of halogens is 1. The maximum atomic E-state index is 11.2. The van der Waals surface area contributed by atoms with Gasteiger partial charge >= 0.3 is 0 Å². The van der Waals surface area contributed by atoms with E-state index in [1.165, 1.54) is 0 Å². The van der Waals surface area contributed by atoms with Gasteiger partial charge in [0.2, 0.25) is 11.8 Å². The van der Waals surface area contributed by atoms with E-state index in [1.807, 2.05) is 0 Å². The fourth-order valence-corrected chi connectivity index (χ4v) is 2.12. The van der Waals surface area contributed by atoms with E-state index in [1.54, 1.807) is 4.90 Å². The number of rotatable bonds is 1. The van der Waals surface area contributed by atoms with Crippen molar-refractivity contribution in [2.45, 2.75) is 18.5 Å². The Bertz CT molecular complexity index is 244. The van der Waals surface area contributed by atoms with Crippen LogP contribution in [0.4, 0.5) is 0 Å². The standard InChI is InChI=1S/C7H9BrN2O2/c8-3-5(11)10-2-1-4-6(10)7(12)9-4/h4,6H,1-3H2,(H,9,12). The normalized spacial score (nSPS) is 32.4. The SMILES string of the molecule is O=C1NC2CCN(C(=O)CBr)C12. The second kappa shape index (κ2) is 2.73. The molecule has 1 N–H and O–H groups in total. The number of nitrogens with zero attached hydrogens (tertiary/aromatic N) is 1. The van der Waals surface area contributed by atoms with Crippen LogP contribution >= 0.6 is 15.9 Å². The fraction of sp³-hybridized carbons (Fsp3) is 0.714. The molecule has 0 aromatic heterocycles. The van der Waals surface area contributed by atoms with E-state index in [-0.39, 0.29) is 23.9 Å². The van der Waals surface area contributed by atoms with Crippen LogP contribution in [0.15, 0.2) is 0 Å². The summed E-state index contributed by atoms with van der Waals surface area (Å²) < 4.78 is 0. The molecule has 0 aromatic rings. The van der Waals surface area contributed by atoms with Gasteiger partial charge in [0.1, 0.15) is 6.04 Å². The molecule has 66 valence electrons. The molecule has 0 aromatic carbocycles. The summed E-state index contributed by atoms with van der Waals surface area (Å²) in [6, 6.07) is 0.0514. The molecule has 2 heterocycles. The Kier molecular flexibility index (Phi) is 1.83. The lowest BCUT2D eigenvalue weighted by molar-refractivity contribution is -0.142. The maximum absolute atomic E-state index is 11.2. The van der Waals surface area contributed by atoms with Gasteiger partial charge in [0.15, 0.2) is 0 Å². The minimum atomic E-state index is -0.171. The van der Waals surface area contributed by atoms with Crippen LogP contribution in [0, 0.1) is 0 Å². The first-order valence-electron chi connectivity index (χ1n) is 3.90. The third-order valence-corrected chi connectivity index (χ3v) is 2.91. The van der Waals surface area contributed by atoms with Gasteiger partial charge in [-0.2, -0.15) is 0 Å². The summed E-state index contributed by atoms with van der Waals surface area (Å²) in [5.41, 5.74) is 0. The Morgan fingerprint density at radius 1 is 1.75 bits per heavy atom. The van der Waals surface area contributed by atoms with Gasteiger partial charge in [-0.05, 0) is 6.42 Å². The summed E-state index contributed by atoms with van der Waals surface area (Å²) in [4.78, 5) is 23.9. The molecule has 4 nitrogen and oxygen atoms in total. The highest BCUT2D eigenvalue weighted by atomic mass is 79.9. The highest BCUT2D eigenvalue weighted by Crippen LogP contribution is 2.25. The molecule has 2 saturated heterocycles. The van der Waals surface area contributed by atoms with Gasteiger partial charge in [-0.1, -0.05) is 15.9 Å². The van der Waals surface area contributed by atoms with Crippen LogP contribution in [0.25, 0.3) is 0 Å². The van der Waals surface area contributed by atoms with Gasteiger partial charge in [-0.15, -0.1) is 0 Å². The zero-order chi connectivity index (χ0) is 8.72. The molecule has 0 radical (unpaired) electrons. The molecule has 2 amide bonds. The number of carbonyl (C=O) groups excluding carboxylic acids is 2. The largest absolute Gasteiger partial charge is 0.349 e. The molecule has 12 heavy (non-hydrogen) atoms. The van der Waals surface area contributed by atoms with Crippen molar-refractivity contribution in [1.82, 2.24) is 10.2 Å². The van der Waals surface area contributed by atoms with E-state index >= 15 is 0 Å². The molecule has 0 aliphatic carbocycles. The molecule has 0 bridgehead atoms. The molecular formula is C7H9BrN2O2. The van der Waals surface area contributed by atoms with Crippen LogP contribution in [0.5, 0.6) is 0 Å². The van der Waals surface area contributed by atoms with E-state index in [2.05, 4.69) is 21.2 Å². The molecule has 2 aliphatic rings. The summed E-state index contributed by atoms with van der Waals surface area (Å²) in [5.74, 6) is 0.00384. The quantitative estimate of drug-likeness (QED) is 0.489. The number of alkyl halides is 1. The summed E-state index contributed by atoms with van der Waals surface area (Å²) in [6.45, 7) is 0.707. The highest BCUT2D eigenvalue weighted by Gasteiger charge is 2.49. The second-order valence-electron chi connectivity index (χ2n) is 3.07. The van der Waals surface area contributed by atoms with Crippen LogP contribution in [0.2, 0.25) is 0 Å². The van der Waals surface area contributed by atoms with Crippen LogP contribution < -0.4 is 5.32 Å². The first-order valence-corrected chi connectivity index (χ1v) is 5.02. The number of amides is 2. The molecule has 2 aliphatic heterocycles. The zero-order valence-electron chi connectivity index (χ0n) is 6.42. The Morgan fingerprint density at radius 2 is 2.50 bits per heavy atom. The van der Waals surface area contributed by atoms with Gasteiger partial charge in [-0.3, -0.25) is 9.59 Å². The van der Waals surface area contributed by atoms with E-state index in [0.717, 1.165) is 6.42 Å². The van der Waals surface area contributed by atoms with E-state index < -0.39 is 0 Å². The average Bonchev–Trinajstić information content (AvgIpc) is 2.40. The molecular weight excluding hydrogens is 224 g/mol. The summed E-state index contributed by atoms with van der Waals surface area (Å²) in [5, 5.41) is 3.07. The van der Waals surface area contributed by atoms with Gasteiger partial charge < -0.3 is 10.2 Å². The van der Waals surface area contributed by atoms with Crippen molar-refractivity contribution >= 4 is 27.7 Å². The lowest BCUT2D eigenvalue weighted by Gasteiger charge is -2.35. The van der Waals surface area contributed by atoms with Gasteiger partial charge in [-0.25, -0.2) is 0 Å².